The number of carbonyl (C=O) groups excluding carboxylic acids is 1. The van der Waals surface area contributed by atoms with Crippen molar-refractivity contribution in [1.29, 1.82) is 0 Å². The van der Waals surface area contributed by atoms with Crippen molar-refractivity contribution < 1.29 is 14.3 Å². The third-order valence-electron chi connectivity index (χ3n) is 2.78. The Morgan fingerprint density at radius 2 is 2.29 bits per heavy atom. The first-order chi connectivity index (χ1) is 8.04. The standard InChI is InChI=1S/C12H15FN2O2/c1-8-2-3-9(13)4-11(8)14-12(17)7-15-5-10(16)6-15/h2-4,10,16H,5-7H2,1H3,(H,14,17). The van der Waals surface area contributed by atoms with Gasteiger partial charge in [-0.2, -0.15) is 0 Å². The maximum atomic E-state index is 13.0. The number of halogens is 1. The van der Waals surface area contributed by atoms with Crippen molar-refractivity contribution in [2.75, 3.05) is 25.0 Å². The number of β-amino-alcohol motifs (C(OH)–C–C–N with tert-alkyl or cyclic N) is 1. The second kappa shape index (κ2) is 4.81. The second-order valence-electron chi connectivity index (χ2n) is 4.36. The Balaban J connectivity index is 1.91. The lowest BCUT2D eigenvalue weighted by atomic mass is 10.1. The number of likely N-dealkylation sites (tertiary alicyclic amines) is 1. The molecule has 92 valence electrons. The molecule has 1 fully saturated rings. The van der Waals surface area contributed by atoms with E-state index in [1.165, 1.54) is 12.1 Å². The summed E-state index contributed by atoms with van der Waals surface area (Å²) >= 11 is 0. The van der Waals surface area contributed by atoms with Gasteiger partial charge in [-0.3, -0.25) is 9.69 Å². The summed E-state index contributed by atoms with van der Waals surface area (Å²) in [5.74, 6) is -0.559. The van der Waals surface area contributed by atoms with Crippen LogP contribution in [0.15, 0.2) is 18.2 Å². The Labute approximate surface area is 99.0 Å². The van der Waals surface area contributed by atoms with Gasteiger partial charge in [0.1, 0.15) is 5.82 Å². The topological polar surface area (TPSA) is 52.6 Å². The molecule has 1 aromatic rings. The molecule has 1 aliphatic heterocycles. The van der Waals surface area contributed by atoms with E-state index in [-0.39, 0.29) is 24.4 Å². The Hall–Kier alpha value is -1.46. The number of carbonyl (C=O) groups is 1. The molecule has 0 aliphatic carbocycles. The largest absolute Gasteiger partial charge is 0.390 e. The first-order valence-corrected chi connectivity index (χ1v) is 5.51. The van der Waals surface area contributed by atoms with E-state index < -0.39 is 0 Å². The van der Waals surface area contributed by atoms with Crippen LogP contribution in [-0.4, -0.2) is 41.7 Å². The SMILES string of the molecule is Cc1ccc(F)cc1NC(=O)CN1CC(O)C1. The molecule has 5 heteroatoms. The predicted molar refractivity (Wildman–Crippen MR) is 62.2 cm³/mol. The minimum atomic E-state index is -0.370. The van der Waals surface area contributed by atoms with E-state index in [0.29, 0.717) is 18.8 Å². The smallest absolute Gasteiger partial charge is 0.238 e. The highest BCUT2D eigenvalue weighted by molar-refractivity contribution is 5.93. The quantitative estimate of drug-likeness (QED) is 0.817. The van der Waals surface area contributed by atoms with E-state index in [1.54, 1.807) is 6.07 Å². The number of rotatable bonds is 3. The number of nitrogens with one attached hydrogen (secondary N) is 1. The van der Waals surface area contributed by atoms with Crippen LogP contribution < -0.4 is 5.32 Å². The van der Waals surface area contributed by atoms with Gasteiger partial charge in [0.25, 0.3) is 0 Å². The third kappa shape index (κ3) is 3.01. The lowest BCUT2D eigenvalue weighted by molar-refractivity contribution is -0.119. The van der Waals surface area contributed by atoms with Crippen LogP contribution >= 0.6 is 0 Å². The average Bonchev–Trinajstić information content (AvgIpc) is 2.21. The Kier molecular flexibility index (Phi) is 3.40. The molecule has 1 aromatic carbocycles. The number of amides is 1. The van der Waals surface area contributed by atoms with Crippen molar-refractivity contribution in [1.82, 2.24) is 4.90 Å². The molecule has 1 saturated heterocycles. The summed E-state index contributed by atoms with van der Waals surface area (Å²) in [6.45, 7) is 3.08. The highest BCUT2D eigenvalue weighted by Crippen LogP contribution is 2.16. The van der Waals surface area contributed by atoms with Crippen molar-refractivity contribution in [3.05, 3.63) is 29.6 Å². The second-order valence-corrected chi connectivity index (χ2v) is 4.36. The van der Waals surface area contributed by atoms with E-state index >= 15 is 0 Å². The minimum absolute atomic E-state index is 0.189. The lowest BCUT2D eigenvalue weighted by Gasteiger charge is -2.35. The van der Waals surface area contributed by atoms with E-state index in [2.05, 4.69) is 5.32 Å². The van der Waals surface area contributed by atoms with Crippen LogP contribution in [-0.2, 0) is 4.79 Å². The maximum Gasteiger partial charge on any atom is 0.238 e. The van der Waals surface area contributed by atoms with Gasteiger partial charge in [0.15, 0.2) is 0 Å². The number of aryl methyl sites for hydroxylation is 1. The van der Waals surface area contributed by atoms with Crippen molar-refractivity contribution in [3.63, 3.8) is 0 Å². The number of hydrogen-bond donors (Lipinski definition) is 2. The van der Waals surface area contributed by atoms with Gasteiger partial charge in [-0.1, -0.05) is 6.07 Å². The summed E-state index contributed by atoms with van der Waals surface area (Å²) < 4.78 is 13.0. The molecule has 0 unspecified atom stereocenters. The lowest BCUT2D eigenvalue weighted by Crippen LogP contribution is -2.53. The zero-order valence-corrected chi connectivity index (χ0v) is 9.61. The fourth-order valence-electron chi connectivity index (χ4n) is 1.79. The van der Waals surface area contributed by atoms with Crippen LogP contribution in [0.3, 0.4) is 0 Å². The van der Waals surface area contributed by atoms with Crippen molar-refractivity contribution in [2.45, 2.75) is 13.0 Å². The summed E-state index contributed by atoms with van der Waals surface area (Å²) in [6, 6.07) is 4.29. The molecule has 1 heterocycles. The van der Waals surface area contributed by atoms with Crippen molar-refractivity contribution in [3.8, 4) is 0 Å². The van der Waals surface area contributed by atoms with E-state index in [1.807, 2.05) is 11.8 Å². The molecule has 2 N–H and O–H groups in total. The minimum Gasteiger partial charge on any atom is -0.390 e. The molecule has 1 amide bonds. The number of hydrogen-bond acceptors (Lipinski definition) is 3. The molecular weight excluding hydrogens is 223 g/mol. The van der Waals surface area contributed by atoms with Gasteiger partial charge in [-0.05, 0) is 24.6 Å². The Morgan fingerprint density at radius 3 is 2.94 bits per heavy atom. The first kappa shape index (κ1) is 12.0. The first-order valence-electron chi connectivity index (χ1n) is 5.51. The highest BCUT2D eigenvalue weighted by Gasteiger charge is 2.25. The van der Waals surface area contributed by atoms with Gasteiger partial charge in [-0.15, -0.1) is 0 Å². The van der Waals surface area contributed by atoms with Gasteiger partial charge in [-0.25, -0.2) is 4.39 Å². The monoisotopic (exact) mass is 238 g/mol. The molecule has 17 heavy (non-hydrogen) atoms. The zero-order chi connectivity index (χ0) is 12.4. The summed E-state index contributed by atoms with van der Waals surface area (Å²) in [5, 5.41) is 11.7. The molecule has 0 saturated carbocycles. The van der Waals surface area contributed by atoms with Crippen LogP contribution in [0.5, 0.6) is 0 Å². The van der Waals surface area contributed by atoms with E-state index in [0.717, 1.165) is 5.56 Å². The normalized spacial score (nSPS) is 16.6. The zero-order valence-electron chi connectivity index (χ0n) is 9.61. The summed E-state index contributed by atoms with van der Waals surface area (Å²) in [4.78, 5) is 13.5. The maximum absolute atomic E-state index is 13.0. The Morgan fingerprint density at radius 1 is 1.59 bits per heavy atom. The van der Waals surface area contributed by atoms with E-state index in [4.69, 9.17) is 5.11 Å². The fraction of sp³-hybridized carbons (Fsp3) is 0.417. The van der Waals surface area contributed by atoms with Gasteiger partial charge in [0.2, 0.25) is 5.91 Å². The van der Waals surface area contributed by atoms with Gasteiger partial charge < -0.3 is 10.4 Å². The van der Waals surface area contributed by atoms with E-state index in [9.17, 15) is 9.18 Å². The van der Waals surface area contributed by atoms with Crippen LogP contribution in [0.2, 0.25) is 0 Å². The summed E-state index contributed by atoms with van der Waals surface area (Å²) in [5.41, 5.74) is 1.32. The van der Waals surface area contributed by atoms with Gasteiger partial charge in [0.05, 0.1) is 12.6 Å². The van der Waals surface area contributed by atoms with Crippen LogP contribution in [0.1, 0.15) is 5.56 Å². The van der Waals surface area contributed by atoms with Gasteiger partial charge >= 0.3 is 0 Å². The molecule has 0 atom stereocenters. The van der Waals surface area contributed by atoms with Crippen molar-refractivity contribution in [2.24, 2.45) is 0 Å². The van der Waals surface area contributed by atoms with Crippen LogP contribution in [0, 0.1) is 12.7 Å². The molecule has 0 aromatic heterocycles. The van der Waals surface area contributed by atoms with Crippen LogP contribution in [0.4, 0.5) is 10.1 Å². The number of nitrogens with zero attached hydrogens (tertiary/aromatic N) is 1. The summed E-state index contributed by atoms with van der Waals surface area (Å²) in [7, 11) is 0. The number of aliphatic hydroxyl groups excluding tert-OH is 1. The Bertz CT molecular complexity index is 431. The number of benzene rings is 1. The molecule has 0 spiro atoms. The third-order valence-corrected chi connectivity index (χ3v) is 2.78. The molecule has 1 aliphatic rings. The predicted octanol–water partition coefficient (Wildman–Crippen LogP) is 0.749. The van der Waals surface area contributed by atoms with Crippen LogP contribution in [0.25, 0.3) is 0 Å². The average molecular weight is 238 g/mol. The summed E-state index contributed by atoms with van der Waals surface area (Å²) in [6.07, 6.45) is -0.321. The molecule has 0 radical (unpaired) electrons. The van der Waals surface area contributed by atoms with Gasteiger partial charge in [0, 0.05) is 18.8 Å². The van der Waals surface area contributed by atoms with Crippen molar-refractivity contribution >= 4 is 11.6 Å². The highest BCUT2D eigenvalue weighted by atomic mass is 19.1. The number of aliphatic hydroxyl groups is 1. The molecule has 2 rings (SSSR count). The number of anilines is 1. The molecule has 4 nitrogen and oxygen atoms in total. The molecular formula is C12H15FN2O2. The fourth-order valence-corrected chi connectivity index (χ4v) is 1.79. The molecule has 0 bridgehead atoms.